The van der Waals surface area contributed by atoms with E-state index >= 15 is 0 Å². The van der Waals surface area contributed by atoms with Crippen LogP contribution in [0.4, 0.5) is 5.95 Å². The number of carbonyl (C=O) groups is 1. The van der Waals surface area contributed by atoms with E-state index < -0.39 is 0 Å². The average molecular weight is 337 g/mol. The van der Waals surface area contributed by atoms with Crippen LogP contribution in [0.1, 0.15) is 34.8 Å². The molecule has 2 fully saturated rings. The molecule has 0 unspecified atom stereocenters. The molecule has 1 aromatic carbocycles. The zero-order valence-electron chi connectivity index (χ0n) is 14.2. The molecule has 6 nitrogen and oxygen atoms in total. The van der Waals surface area contributed by atoms with Crippen LogP contribution in [0.25, 0.3) is 0 Å². The molecule has 0 aliphatic carbocycles. The van der Waals surface area contributed by atoms with Crippen molar-refractivity contribution in [1.82, 2.24) is 14.9 Å². The molecule has 2 N–H and O–H groups in total. The molecule has 2 aliphatic rings. The first-order chi connectivity index (χ1) is 12.2. The van der Waals surface area contributed by atoms with E-state index in [2.05, 4.69) is 27.0 Å². The summed E-state index contributed by atoms with van der Waals surface area (Å²) >= 11 is 0. The normalized spacial score (nSPS) is 23.2. The molecule has 1 aromatic heterocycles. The Bertz CT molecular complexity index is 744. The van der Waals surface area contributed by atoms with Crippen molar-refractivity contribution in [2.75, 3.05) is 31.1 Å². The topological polar surface area (TPSA) is 75.3 Å². The quantitative estimate of drug-likeness (QED) is 0.921. The summed E-state index contributed by atoms with van der Waals surface area (Å²) in [6.45, 7) is 3.11. The van der Waals surface area contributed by atoms with Gasteiger partial charge in [-0.15, -0.1) is 0 Å². The predicted molar refractivity (Wildman–Crippen MR) is 96.5 cm³/mol. The Labute approximate surface area is 147 Å². The van der Waals surface area contributed by atoms with Crippen LogP contribution < -0.4 is 10.6 Å². The Hall–Kier alpha value is -2.47. The zero-order valence-corrected chi connectivity index (χ0v) is 14.2. The number of benzene rings is 1. The Morgan fingerprint density at radius 1 is 1.08 bits per heavy atom. The number of carbonyl (C=O) groups excluding carboxylic acids is 1. The minimum atomic E-state index is -0.0586. The number of aromatic nitrogens is 2. The van der Waals surface area contributed by atoms with Gasteiger partial charge in [0.15, 0.2) is 0 Å². The molecule has 0 bridgehead atoms. The van der Waals surface area contributed by atoms with Gasteiger partial charge in [0.25, 0.3) is 5.91 Å². The maximum atomic E-state index is 12.9. The van der Waals surface area contributed by atoms with Crippen molar-refractivity contribution >= 4 is 11.9 Å². The van der Waals surface area contributed by atoms with Crippen LogP contribution in [0.2, 0.25) is 0 Å². The highest BCUT2D eigenvalue weighted by atomic mass is 16.2. The second-order valence-corrected chi connectivity index (χ2v) is 6.83. The predicted octanol–water partition coefficient (Wildman–Crippen LogP) is 1.64. The molecular weight excluding hydrogens is 314 g/mol. The van der Waals surface area contributed by atoms with Crippen LogP contribution in [-0.4, -0.2) is 53.0 Å². The zero-order chi connectivity index (χ0) is 17.2. The molecule has 0 spiro atoms. The molecule has 2 aliphatic heterocycles. The fraction of sp³-hybridized carbons (Fsp3) is 0.421. The van der Waals surface area contributed by atoms with Gasteiger partial charge in [-0.25, -0.2) is 9.97 Å². The van der Waals surface area contributed by atoms with Crippen LogP contribution in [0, 0.1) is 0 Å². The van der Waals surface area contributed by atoms with Crippen LogP contribution in [-0.2, 0) is 0 Å². The van der Waals surface area contributed by atoms with E-state index in [0.29, 0.717) is 24.7 Å². The van der Waals surface area contributed by atoms with Crippen molar-refractivity contribution in [3.05, 3.63) is 53.9 Å². The maximum Gasteiger partial charge on any atom is 0.272 e. The largest absolute Gasteiger partial charge is 0.341 e. The smallest absolute Gasteiger partial charge is 0.272 e. The van der Waals surface area contributed by atoms with Gasteiger partial charge in [-0.2, -0.15) is 0 Å². The first kappa shape index (κ1) is 16.0. The second-order valence-electron chi connectivity index (χ2n) is 6.83. The lowest BCUT2D eigenvalue weighted by Gasteiger charge is -2.18. The monoisotopic (exact) mass is 337 g/mol. The summed E-state index contributed by atoms with van der Waals surface area (Å²) in [5.41, 5.74) is 7.95. The summed E-state index contributed by atoms with van der Waals surface area (Å²) in [5, 5.41) is 0. The van der Waals surface area contributed by atoms with Gasteiger partial charge in [-0.3, -0.25) is 4.79 Å². The number of nitrogens with two attached hydrogens (primary N) is 1. The summed E-state index contributed by atoms with van der Waals surface area (Å²) in [6.07, 6.45) is 3.99. The summed E-state index contributed by atoms with van der Waals surface area (Å²) in [5.74, 6) is 0.772. The molecule has 130 valence electrons. The lowest BCUT2D eigenvalue weighted by atomic mass is 9.95. The number of anilines is 1. The van der Waals surface area contributed by atoms with Crippen molar-refractivity contribution in [1.29, 1.82) is 0 Å². The molecule has 1 amide bonds. The number of hydrogen-bond donors (Lipinski definition) is 1. The molecule has 3 heterocycles. The van der Waals surface area contributed by atoms with Crippen LogP contribution >= 0.6 is 0 Å². The van der Waals surface area contributed by atoms with Gasteiger partial charge in [0.2, 0.25) is 5.95 Å². The average Bonchev–Trinajstić information content (AvgIpc) is 3.32. The van der Waals surface area contributed by atoms with E-state index in [0.717, 1.165) is 25.9 Å². The fourth-order valence-electron chi connectivity index (χ4n) is 3.75. The molecule has 0 saturated carbocycles. The minimum Gasteiger partial charge on any atom is -0.341 e. The summed E-state index contributed by atoms with van der Waals surface area (Å²) in [4.78, 5) is 25.7. The maximum absolute atomic E-state index is 12.9. The molecular formula is C19H23N5O. The van der Waals surface area contributed by atoms with Gasteiger partial charge in [0.1, 0.15) is 5.69 Å². The van der Waals surface area contributed by atoms with Crippen molar-refractivity contribution in [2.45, 2.75) is 24.8 Å². The number of nitrogens with zero attached hydrogens (tertiary/aromatic N) is 4. The van der Waals surface area contributed by atoms with Crippen LogP contribution in [0.3, 0.4) is 0 Å². The van der Waals surface area contributed by atoms with Crippen LogP contribution in [0.15, 0.2) is 42.6 Å². The van der Waals surface area contributed by atoms with Crippen molar-refractivity contribution < 1.29 is 4.79 Å². The lowest BCUT2D eigenvalue weighted by molar-refractivity contribution is 0.0783. The summed E-state index contributed by atoms with van der Waals surface area (Å²) < 4.78 is 0. The lowest BCUT2D eigenvalue weighted by Crippen LogP contribution is -2.33. The van der Waals surface area contributed by atoms with Gasteiger partial charge in [0.05, 0.1) is 0 Å². The molecule has 6 heteroatoms. The first-order valence-corrected chi connectivity index (χ1v) is 8.90. The first-order valence-electron chi connectivity index (χ1n) is 8.90. The Morgan fingerprint density at radius 2 is 1.84 bits per heavy atom. The molecule has 0 radical (unpaired) electrons. The number of amides is 1. The van der Waals surface area contributed by atoms with E-state index in [9.17, 15) is 4.79 Å². The number of hydrogen-bond acceptors (Lipinski definition) is 5. The standard InChI is InChI=1S/C19H23N5O/c20-16-13-24(12-15(16)14-6-2-1-3-7-14)18(25)17-8-9-21-19(22-17)23-10-4-5-11-23/h1-3,6-9,15-16H,4-5,10-13,20H2/t15-,16+/m0/s1. The molecule has 4 rings (SSSR count). The second kappa shape index (κ2) is 6.80. The highest BCUT2D eigenvalue weighted by Gasteiger charge is 2.34. The van der Waals surface area contributed by atoms with E-state index in [-0.39, 0.29) is 17.9 Å². The molecule has 2 aromatic rings. The van der Waals surface area contributed by atoms with E-state index in [1.165, 1.54) is 5.56 Å². The van der Waals surface area contributed by atoms with Gasteiger partial charge in [0, 0.05) is 44.3 Å². The summed E-state index contributed by atoms with van der Waals surface area (Å²) in [7, 11) is 0. The third-order valence-electron chi connectivity index (χ3n) is 5.13. The third kappa shape index (κ3) is 3.22. The summed E-state index contributed by atoms with van der Waals surface area (Å²) in [6, 6.07) is 11.8. The Balaban J connectivity index is 1.51. The van der Waals surface area contributed by atoms with Crippen molar-refractivity contribution in [2.24, 2.45) is 5.73 Å². The fourth-order valence-corrected chi connectivity index (χ4v) is 3.75. The van der Waals surface area contributed by atoms with Gasteiger partial charge < -0.3 is 15.5 Å². The SMILES string of the molecule is N[C@@H]1CN(C(=O)c2ccnc(N3CCCC3)n2)C[C@H]1c1ccccc1. The van der Waals surface area contributed by atoms with Gasteiger partial charge >= 0.3 is 0 Å². The molecule has 2 saturated heterocycles. The van der Waals surface area contributed by atoms with Crippen LogP contribution in [0.5, 0.6) is 0 Å². The van der Waals surface area contributed by atoms with E-state index in [1.54, 1.807) is 12.3 Å². The number of likely N-dealkylation sites (tertiary alicyclic amines) is 1. The minimum absolute atomic E-state index is 0.0498. The van der Waals surface area contributed by atoms with E-state index in [1.807, 2.05) is 23.1 Å². The van der Waals surface area contributed by atoms with Crippen molar-refractivity contribution in [3.8, 4) is 0 Å². The Morgan fingerprint density at radius 3 is 2.60 bits per heavy atom. The number of rotatable bonds is 3. The Kier molecular flexibility index (Phi) is 4.36. The molecule has 2 atom stereocenters. The molecule has 25 heavy (non-hydrogen) atoms. The highest BCUT2D eigenvalue weighted by molar-refractivity contribution is 5.92. The highest BCUT2D eigenvalue weighted by Crippen LogP contribution is 2.27. The van der Waals surface area contributed by atoms with E-state index in [4.69, 9.17) is 5.73 Å². The third-order valence-corrected chi connectivity index (χ3v) is 5.13. The van der Waals surface area contributed by atoms with Crippen molar-refractivity contribution in [3.63, 3.8) is 0 Å². The van der Waals surface area contributed by atoms with Gasteiger partial charge in [-0.05, 0) is 24.5 Å². The van der Waals surface area contributed by atoms with Gasteiger partial charge in [-0.1, -0.05) is 30.3 Å².